The van der Waals surface area contributed by atoms with Gasteiger partial charge in [-0.25, -0.2) is 4.39 Å². The van der Waals surface area contributed by atoms with Crippen molar-refractivity contribution in [3.05, 3.63) is 33.5 Å². The molecule has 66 valence electrons. The molecule has 1 aromatic rings. The van der Waals surface area contributed by atoms with Crippen LogP contribution in [0.25, 0.3) is 0 Å². The standard InChI is InChI=1S/C9H10BrFO/c1-2-6-4-9(11)7(5-12)3-8(6)10/h3-4,12H,2,5H2,1H3. The summed E-state index contributed by atoms with van der Waals surface area (Å²) in [5.41, 5.74) is 1.25. The summed E-state index contributed by atoms with van der Waals surface area (Å²) in [5, 5.41) is 8.75. The van der Waals surface area contributed by atoms with Crippen LogP contribution in [0.5, 0.6) is 0 Å². The fraction of sp³-hybridized carbons (Fsp3) is 0.333. The van der Waals surface area contributed by atoms with Crippen LogP contribution in [0.2, 0.25) is 0 Å². The SMILES string of the molecule is CCc1cc(F)c(CO)cc1Br. The first-order chi connectivity index (χ1) is 5.69. The summed E-state index contributed by atoms with van der Waals surface area (Å²) >= 11 is 3.30. The van der Waals surface area contributed by atoms with Crippen LogP contribution in [0.4, 0.5) is 4.39 Å². The Labute approximate surface area is 79.4 Å². The van der Waals surface area contributed by atoms with Crippen molar-refractivity contribution < 1.29 is 9.50 Å². The van der Waals surface area contributed by atoms with E-state index < -0.39 is 0 Å². The summed E-state index contributed by atoms with van der Waals surface area (Å²) in [4.78, 5) is 0. The van der Waals surface area contributed by atoms with Gasteiger partial charge in [-0.1, -0.05) is 22.9 Å². The molecule has 0 unspecified atom stereocenters. The maximum atomic E-state index is 13.0. The van der Waals surface area contributed by atoms with Crippen LogP contribution < -0.4 is 0 Å². The van der Waals surface area contributed by atoms with Crippen LogP contribution in [-0.2, 0) is 13.0 Å². The Bertz CT molecular complexity index is 256. The molecular weight excluding hydrogens is 223 g/mol. The molecule has 0 bridgehead atoms. The van der Waals surface area contributed by atoms with Crippen LogP contribution in [0.3, 0.4) is 0 Å². The molecule has 0 radical (unpaired) electrons. The Hall–Kier alpha value is -0.410. The lowest BCUT2D eigenvalue weighted by molar-refractivity contribution is 0.275. The monoisotopic (exact) mass is 232 g/mol. The van der Waals surface area contributed by atoms with E-state index in [1.165, 1.54) is 6.07 Å². The number of aryl methyl sites for hydroxylation is 1. The number of hydrogen-bond acceptors (Lipinski definition) is 1. The molecule has 1 aromatic carbocycles. The second kappa shape index (κ2) is 4.01. The third-order valence-corrected chi connectivity index (χ3v) is 2.50. The number of halogens is 2. The smallest absolute Gasteiger partial charge is 0.129 e. The molecule has 0 fully saturated rings. The van der Waals surface area contributed by atoms with Crippen molar-refractivity contribution in [1.29, 1.82) is 0 Å². The average Bonchev–Trinajstić information content (AvgIpc) is 2.08. The zero-order valence-electron chi connectivity index (χ0n) is 6.77. The van der Waals surface area contributed by atoms with Crippen molar-refractivity contribution in [1.82, 2.24) is 0 Å². The lowest BCUT2D eigenvalue weighted by Crippen LogP contribution is -1.93. The summed E-state index contributed by atoms with van der Waals surface area (Å²) < 4.78 is 13.9. The van der Waals surface area contributed by atoms with E-state index in [9.17, 15) is 4.39 Å². The van der Waals surface area contributed by atoms with Gasteiger partial charge in [-0.2, -0.15) is 0 Å². The van der Waals surface area contributed by atoms with Gasteiger partial charge in [0.25, 0.3) is 0 Å². The molecule has 0 heterocycles. The minimum absolute atomic E-state index is 0.256. The minimum Gasteiger partial charge on any atom is -0.392 e. The Balaban J connectivity index is 3.16. The van der Waals surface area contributed by atoms with Gasteiger partial charge in [0.1, 0.15) is 5.82 Å². The first kappa shape index (κ1) is 9.68. The molecule has 1 N–H and O–H groups in total. The lowest BCUT2D eigenvalue weighted by Gasteiger charge is -2.04. The molecule has 0 aliphatic heterocycles. The maximum Gasteiger partial charge on any atom is 0.129 e. The van der Waals surface area contributed by atoms with E-state index in [-0.39, 0.29) is 12.4 Å². The van der Waals surface area contributed by atoms with Gasteiger partial charge in [0.05, 0.1) is 6.61 Å². The van der Waals surface area contributed by atoms with Crippen molar-refractivity contribution in [3.63, 3.8) is 0 Å². The Morgan fingerprint density at radius 2 is 2.08 bits per heavy atom. The van der Waals surface area contributed by atoms with E-state index in [2.05, 4.69) is 15.9 Å². The van der Waals surface area contributed by atoms with Gasteiger partial charge in [-0.3, -0.25) is 0 Å². The van der Waals surface area contributed by atoms with Crippen LogP contribution in [0.15, 0.2) is 16.6 Å². The zero-order chi connectivity index (χ0) is 9.14. The van der Waals surface area contributed by atoms with Crippen molar-refractivity contribution >= 4 is 15.9 Å². The summed E-state index contributed by atoms with van der Waals surface area (Å²) in [6, 6.07) is 3.07. The highest BCUT2D eigenvalue weighted by atomic mass is 79.9. The van der Waals surface area contributed by atoms with Gasteiger partial charge in [-0.05, 0) is 24.1 Å². The van der Waals surface area contributed by atoms with E-state index in [1.807, 2.05) is 6.92 Å². The van der Waals surface area contributed by atoms with Crippen molar-refractivity contribution in [2.24, 2.45) is 0 Å². The highest BCUT2D eigenvalue weighted by Crippen LogP contribution is 2.21. The Morgan fingerprint density at radius 3 is 2.58 bits per heavy atom. The molecule has 0 atom stereocenters. The van der Waals surface area contributed by atoms with Gasteiger partial charge in [-0.15, -0.1) is 0 Å². The van der Waals surface area contributed by atoms with E-state index in [4.69, 9.17) is 5.11 Å². The largest absolute Gasteiger partial charge is 0.392 e. The van der Waals surface area contributed by atoms with Gasteiger partial charge >= 0.3 is 0 Å². The number of rotatable bonds is 2. The predicted octanol–water partition coefficient (Wildman–Crippen LogP) is 2.64. The molecule has 0 aliphatic rings. The molecular formula is C9H10BrFO. The first-order valence-electron chi connectivity index (χ1n) is 3.76. The van der Waals surface area contributed by atoms with Crippen molar-refractivity contribution in [2.45, 2.75) is 20.0 Å². The van der Waals surface area contributed by atoms with E-state index >= 15 is 0 Å². The molecule has 1 nitrogen and oxygen atoms in total. The number of hydrogen-bond donors (Lipinski definition) is 1. The summed E-state index contributed by atoms with van der Waals surface area (Å²) in [5.74, 6) is -0.336. The molecule has 0 saturated heterocycles. The van der Waals surface area contributed by atoms with Gasteiger partial charge < -0.3 is 5.11 Å². The Kier molecular flexibility index (Phi) is 3.23. The fourth-order valence-corrected chi connectivity index (χ4v) is 1.69. The van der Waals surface area contributed by atoms with E-state index in [0.29, 0.717) is 5.56 Å². The topological polar surface area (TPSA) is 20.2 Å². The summed E-state index contributed by atoms with van der Waals surface area (Å²) in [6.45, 7) is 1.70. The Morgan fingerprint density at radius 1 is 1.42 bits per heavy atom. The highest BCUT2D eigenvalue weighted by Gasteiger charge is 2.05. The fourth-order valence-electron chi connectivity index (χ4n) is 1.02. The summed E-state index contributed by atoms with van der Waals surface area (Å²) in [7, 11) is 0. The molecule has 3 heteroatoms. The molecule has 1 rings (SSSR count). The molecule has 0 aliphatic carbocycles. The second-order valence-electron chi connectivity index (χ2n) is 2.55. The normalized spacial score (nSPS) is 10.3. The van der Waals surface area contributed by atoms with Crippen LogP contribution in [-0.4, -0.2) is 5.11 Å². The van der Waals surface area contributed by atoms with Gasteiger partial charge in [0, 0.05) is 10.0 Å². The summed E-state index contributed by atoms with van der Waals surface area (Å²) in [6.07, 6.45) is 0.781. The van der Waals surface area contributed by atoms with Gasteiger partial charge in [0.2, 0.25) is 0 Å². The lowest BCUT2D eigenvalue weighted by atomic mass is 10.1. The predicted molar refractivity (Wildman–Crippen MR) is 49.4 cm³/mol. The highest BCUT2D eigenvalue weighted by molar-refractivity contribution is 9.10. The number of aliphatic hydroxyl groups is 1. The molecule has 0 aromatic heterocycles. The quantitative estimate of drug-likeness (QED) is 0.832. The minimum atomic E-state index is -0.336. The van der Waals surface area contributed by atoms with E-state index in [1.54, 1.807) is 6.07 Å². The second-order valence-corrected chi connectivity index (χ2v) is 3.40. The molecule has 12 heavy (non-hydrogen) atoms. The van der Waals surface area contributed by atoms with Crippen molar-refractivity contribution in [2.75, 3.05) is 0 Å². The first-order valence-corrected chi connectivity index (χ1v) is 4.56. The molecule has 0 saturated carbocycles. The average molecular weight is 233 g/mol. The van der Waals surface area contributed by atoms with Gasteiger partial charge in [0.15, 0.2) is 0 Å². The zero-order valence-corrected chi connectivity index (χ0v) is 8.36. The van der Waals surface area contributed by atoms with Crippen molar-refractivity contribution in [3.8, 4) is 0 Å². The third-order valence-electron chi connectivity index (χ3n) is 1.77. The number of benzene rings is 1. The molecule has 0 spiro atoms. The van der Waals surface area contributed by atoms with Crippen LogP contribution >= 0.6 is 15.9 Å². The number of aliphatic hydroxyl groups excluding tert-OH is 1. The third kappa shape index (κ3) is 1.84. The van der Waals surface area contributed by atoms with Crippen LogP contribution in [0, 0.1) is 5.82 Å². The van der Waals surface area contributed by atoms with Crippen LogP contribution in [0.1, 0.15) is 18.1 Å². The molecule has 0 amide bonds. The maximum absolute atomic E-state index is 13.0. The van der Waals surface area contributed by atoms with E-state index in [0.717, 1.165) is 16.5 Å².